The van der Waals surface area contributed by atoms with Crippen LogP contribution in [0, 0.1) is 11.8 Å². The van der Waals surface area contributed by atoms with E-state index >= 15 is 0 Å². The Labute approximate surface area is 127 Å². The standard InChI is InChI=1S/C16H28N2O3/c1-16(2,3)17-15(21)13-8-11-6-4-5-7-12(11)9-18(13)10-14(19)20/h11-13H,4-10H2,1-3H3,(H,17,21)(H,19,20)/t11-,12+,13-/m0/s1. The van der Waals surface area contributed by atoms with Crippen molar-refractivity contribution in [3.8, 4) is 0 Å². The van der Waals surface area contributed by atoms with Gasteiger partial charge in [0.05, 0.1) is 12.6 Å². The van der Waals surface area contributed by atoms with E-state index in [0.29, 0.717) is 11.8 Å². The van der Waals surface area contributed by atoms with Gasteiger partial charge in [0.2, 0.25) is 5.91 Å². The molecule has 0 unspecified atom stereocenters. The molecule has 5 heteroatoms. The van der Waals surface area contributed by atoms with Crippen LogP contribution in [0.15, 0.2) is 0 Å². The van der Waals surface area contributed by atoms with Crippen LogP contribution in [-0.4, -0.2) is 46.6 Å². The zero-order chi connectivity index (χ0) is 15.6. The highest BCUT2D eigenvalue weighted by Gasteiger charge is 2.40. The van der Waals surface area contributed by atoms with Crippen LogP contribution in [-0.2, 0) is 9.59 Å². The highest BCUT2D eigenvalue weighted by Crippen LogP contribution is 2.38. The molecular formula is C16H28N2O3. The fourth-order valence-electron chi connectivity index (χ4n) is 3.77. The van der Waals surface area contributed by atoms with Gasteiger partial charge in [0.1, 0.15) is 0 Å². The molecule has 1 amide bonds. The fourth-order valence-corrected chi connectivity index (χ4v) is 3.77. The first kappa shape index (κ1) is 16.3. The van der Waals surface area contributed by atoms with E-state index in [-0.39, 0.29) is 24.0 Å². The normalized spacial score (nSPS) is 30.5. The Morgan fingerprint density at radius 2 is 1.81 bits per heavy atom. The molecule has 0 bridgehead atoms. The third-order valence-electron chi connectivity index (χ3n) is 4.64. The van der Waals surface area contributed by atoms with Crippen LogP contribution >= 0.6 is 0 Å². The number of hydrogen-bond acceptors (Lipinski definition) is 3. The number of amides is 1. The maximum Gasteiger partial charge on any atom is 0.317 e. The smallest absolute Gasteiger partial charge is 0.317 e. The molecule has 5 nitrogen and oxygen atoms in total. The summed E-state index contributed by atoms with van der Waals surface area (Å²) in [7, 11) is 0. The number of likely N-dealkylation sites (tertiary alicyclic amines) is 1. The summed E-state index contributed by atoms with van der Waals surface area (Å²) in [5, 5.41) is 12.1. The minimum Gasteiger partial charge on any atom is -0.480 e. The number of carbonyl (C=O) groups excluding carboxylic acids is 1. The molecule has 120 valence electrons. The summed E-state index contributed by atoms with van der Waals surface area (Å²) in [6, 6.07) is -0.292. The van der Waals surface area contributed by atoms with Crippen LogP contribution in [0.5, 0.6) is 0 Å². The largest absolute Gasteiger partial charge is 0.480 e. The van der Waals surface area contributed by atoms with Crippen molar-refractivity contribution in [1.29, 1.82) is 0 Å². The molecule has 2 fully saturated rings. The van der Waals surface area contributed by atoms with Gasteiger partial charge in [0, 0.05) is 12.1 Å². The number of aliphatic carboxylic acids is 1. The molecule has 0 aromatic heterocycles. The van der Waals surface area contributed by atoms with Crippen LogP contribution in [0.1, 0.15) is 52.9 Å². The van der Waals surface area contributed by atoms with Crippen LogP contribution in [0.2, 0.25) is 0 Å². The van der Waals surface area contributed by atoms with Gasteiger partial charge in [-0.25, -0.2) is 0 Å². The summed E-state index contributed by atoms with van der Waals surface area (Å²) < 4.78 is 0. The molecule has 21 heavy (non-hydrogen) atoms. The highest BCUT2D eigenvalue weighted by atomic mass is 16.4. The number of nitrogens with zero attached hydrogens (tertiary/aromatic N) is 1. The van der Waals surface area contributed by atoms with Crippen LogP contribution < -0.4 is 5.32 Å². The number of hydrogen-bond donors (Lipinski definition) is 2. The number of carboxylic acid groups (broad SMARTS) is 1. The van der Waals surface area contributed by atoms with E-state index < -0.39 is 5.97 Å². The molecule has 1 saturated heterocycles. The van der Waals surface area contributed by atoms with Gasteiger partial charge >= 0.3 is 5.97 Å². The second-order valence-electron chi connectivity index (χ2n) is 7.62. The Kier molecular flexibility index (Phi) is 4.91. The zero-order valence-corrected chi connectivity index (χ0v) is 13.4. The minimum atomic E-state index is -0.849. The van der Waals surface area contributed by atoms with Crippen molar-refractivity contribution in [2.75, 3.05) is 13.1 Å². The average Bonchev–Trinajstić information content (AvgIpc) is 2.35. The van der Waals surface area contributed by atoms with Gasteiger partial charge in [-0.3, -0.25) is 14.5 Å². The summed E-state index contributed by atoms with van der Waals surface area (Å²) in [6.45, 7) is 6.58. The molecule has 1 aliphatic heterocycles. The third-order valence-corrected chi connectivity index (χ3v) is 4.64. The quantitative estimate of drug-likeness (QED) is 0.834. The van der Waals surface area contributed by atoms with E-state index in [4.69, 9.17) is 5.11 Å². The summed E-state index contributed by atoms with van der Waals surface area (Å²) in [4.78, 5) is 25.5. The molecule has 0 aromatic carbocycles. The summed E-state index contributed by atoms with van der Waals surface area (Å²) in [5.41, 5.74) is -0.282. The van der Waals surface area contributed by atoms with Crippen molar-refractivity contribution in [2.24, 2.45) is 11.8 Å². The van der Waals surface area contributed by atoms with E-state index in [1.807, 2.05) is 25.7 Å². The van der Waals surface area contributed by atoms with Crippen molar-refractivity contribution in [3.63, 3.8) is 0 Å². The zero-order valence-electron chi connectivity index (χ0n) is 13.4. The van der Waals surface area contributed by atoms with Crippen LogP contribution in [0.25, 0.3) is 0 Å². The van der Waals surface area contributed by atoms with Gasteiger partial charge in [-0.1, -0.05) is 19.3 Å². The van der Waals surface area contributed by atoms with Crippen molar-refractivity contribution >= 4 is 11.9 Å². The average molecular weight is 296 g/mol. The second kappa shape index (κ2) is 6.34. The molecule has 2 aliphatic rings. The maximum absolute atomic E-state index is 12.5. The van der Waals surface area contributed by atoms with Gasteiger partial charge < -0.3 is 10.4 Å². The minimum absolute atomic E-state index is 0.0206. The summed E-state index contributed by atoms with van der Waals surface area (Å²) in [6.07, 6.45) is 5.65. The van der Waals surface area contributed by atoms with Gasteiger partial charge in [-0.05, 0) is 45.4 Å². The third kappa shape index (κ3) is 4.43. The van der Waals surface area contributed by atoms with Gasteiger partial charge in [0.25, 0.3) is 0 Å². The lowest BCUT2D eigenvalue weighted by molar-refractivity contribution is -0.142. The van der Waals surface area contributed by atoms with Crippen molar-refractivity contribution in [1.82, 2.24) is 10.2 Å². The second-order valence-corrected chi connectivity index (χ2v) is 7.62. The topological polar surface area (TPSA) is 69.6 Å². The Hall–Kier alpha value is -1.10. The molecular weight excluding hydrogens is 268 g/mol. The molecule has 0 spiro atoms. The monoisotopic (exact) mass is 296 g/mol. The lowest BCUT2D eigenvalue weighted by Gasteiger charge is -2.45. The summed E-state index contributed by atoms with van der Waals surface area (Å²) >= 11 is 0. The molecule has 1 heterocycles. The Morgan fingerprint density at radius 3 is 2.38 bits per heavy atom. The molecule has 0 aromatic rings. The van der Waals surface area contributed by atoms with E-state index in [1.54, 1.807) is 0 Å². The van der Waals surface area contributed by atoms with Gasteiger partial charge in [0.15, 0.2) is 0 Å². The number of nitrogens with one attached hydrogen (secondary N) is 1. The number of piperidine rings is 1. The Balaban J connectivity index is 2.10. The highest BCUT2D eigenvalue weighted by molar-refractivity contribution is 5.83. The van der Waals surface area contributed by atoms with Gasteiger partial charge in [-0.2, -0.15) is 0 Å². The lowest BCUT2D eigenvalue weighted by Crippen LogP contribution is -2.58. The molecule has 1 saturated carbocycles. The van der Waals surface area contributed by atoms with E-state index in [2.05, 4.69) is 5.32 Å². The van der Waals surface area contributed by atoms with Crippen LogP contribution in [0.3, 0.4) is 0 Å². The van der Waals surface area contributed by atoms with E-state index in [1.165, 1.54) is 25.7 Å². The first-order valence-corrected chi connectivity index (χ1v) is 8.04. The number of carboxylic acids is 1. The first-order valence-electron chi connectivity index (χ1n) is 8.04. The molecule has 0 radical (unpaired) electrons. The lowest BCUT2D eigenvalue weighted by atomic mass is 9.72. The van der Waals surface area contributed by atoms with Crippen LogP contribution in [0.4, 0.5) is 0 Å². The van der Waals surface area contributed by atoms with Crippen molar-refractivity contribution in [2.45, 2.75) is 64.5 Å². The Morgan fingerprint density at radius 1 is 1.19 bits per heavy atom. The molecule has 2 rings (SSSR count). The Bertz CT molecular complexity index is 403. The number of carbonyl (C=O) groups is 2. The number of rotatable bonds is 3. The SMILES string of the molecule is CC(C)(C)NC(=O)[C@@H]1C[C@@H]2CCCC[C@@H]2CN1CC(=O)O. The molecule has 3 atom stereocenters. The predicted octanol–water partition coefficient (Wildman–Crippen LogP) is 1.87. The number of fused-ring (bicyclic) bond motifs is 1. The van der Waals surface area contributed by atoms with E-state index in [9.17, 15) is 9.59 Å². The van der Waals surface area contributed by atoms with Crippen molar-refractivity contribution in [3.05, 3.63) is 0 Å². The maximum atomic E-state index is 12.5. The molecule has 2 N–H and O–H groups in total. The van der Waals surface area contributed by atoms with E-state index in [0.717, 1.165) is 13.0 Å². The summed E-state index contributed by atoms with van der Waals surface area (Å²) in [5.74, 6) is 0.280. The van der Waals surface area contributed by atoms with Gasteiger partial charge in [-0.15, -0.1) is 0 Å². The predicted molar refractivity (Wildman–Crippen MR) is 81.0 cm³/mol. The molecule has 1 aliphatic carbocycles. The van der Waals surface area contributed by atoms with Crippen molar-refractivity contribution < 1.29 is 14.7 Å². The fraction of sp³-hybridized carbons (Fsp3) is 0.875. The first-order chi connectivity index (χ1) is 9.76.